The molecule has 1 aliphatic rings. The lowest BCUT2D eigenvalue weighted by Gasteiger charge is -2.18. The quantitative estimate of drug-likeness (QED) is 0.699. The molecule has 2 aromatic carbocycles. The minimum Gasteiger partial charge on any atom is -0.497 e. The Morgan fingerprint density at radius 2 is 1.77 bits per heavy atom. The summed E-state index contributed by atoms with van der Waals surface area (Å²) in [4.78, 5) is 26.3. The van der Waals surface area contributed by atoms with Crippen LogP contribution in [0.3, 0.4) is 0 Å². The van der Waals surface area contributed by atoms with E-state index in [4.69, 9.17) is 4.74 Å². The number of carbonyl (C=O) groups excluding carboxylic acids is 2. The Morgan fingerprint density at radius 1 is 1.07 bits per heavy atom. The summed E-state index contributed by atoms with van der Waals surface area (Å²) in [5, 5.41) is 6.34. The first kappa shape index (κ1) is 21.8. The first-order valence-electron chi connectivity index (χ1n) is 10.5. The standard InChI is InChI=1S/C24H31N3O3/c1-17(12-19-6-8-23(30-3)9-7-19)25-16-20-13-21(15-22(14-20)26-18(2)28)24(29)27-10-4-5-11-27/h6-9,13-15,17,25H,4-5,10-12,16H2,1-3H3,(H,26,28). The molecule has 0 aliphatic carbocycles. The van der Waals surface area contributed by atoms with Crippen molar-refractivity contribution in [3.05, 3.63) is 59.2 Å². The van der Waals surface area contributed by atoms with E-state index in [0.717, 1.165) is 43.7 Å². The van der Waals surface area contributed by atoms with Gasteiger partial charge < -0.3 is 20.3 Å². The fourth-order valence-electron chi connectivity index (χ4n) is 3.78. The zero-order valence-corrected chi connectivity index (χ0v) is 18.0. The Labute approximate surface area is 178 Å². The van der Waals surface area contributed by atoms with E-state index in [0.29, 0.717) is 17.8 Å². The molecule has 1 heterocycles. The van der Waals surface area contributed by atoms with Crippen LogP contribution in [-0.4, -0.2) is 43.0 Å². The van der Waals surface area contributed by atoms with Gasteiger partial charge in [-0.25, -0.2) is 0 Å². The van der Waals surface area contributed by atoms with E-state index < -0.39 is 0 Å². The fourth-order valence-corrected chi connectivity index (χ4v) is 3.78. The Morgan fingerprint density at radius 3 is 2.40 bits per heavy atom. The number of rotatable bonds is 8. The van der Waals surface area contributed by atoms with Gasteiger partial charge in [-0.2, -0.15) is 0 Å². The summed E-state index contributed by atoms with van der Waals surface area (Å²) >= 11 is 0. The highest BCUT2D eigenvalue weighted by atomic mass is 16.5. The van der Waals surface area contributed by atoms with E-state index in [1.807, 2.05) is 29.2 Å². The van der Waals surface area contributed by atoms with Crippen molar-refractivity contribution in [1.82, 2.24) is 10.2 Å². The largest absolute Gasteiger partial charge is 0.497 e. The third-order valence-corrected chi connectivity index (χ3v) is 5.31. The maximum atomic E-state index is 12.9. The van der Waals surface area contributed by atoms with Crippen molar-refractivity contribution in [2.75, 3.05) is 25.5 Å². The van der Waals surface area contributed by atoms with Gasteiger partial charge in [-0.1, -0.05) is 12.1 Å². The molecule has 1 atom stereocenters. The average Bonchev–Trinajstić information content (AvgIpc) is 3.26. The van der Waals surface area contributed by atoms with Crippen molar-refractivity contribution in [1.29, 1.82) is 0 Å². The summed E-state index contributed by atoms with van der Waals surface area (Å²) in [5.74, 6) is 0.740. The van der Waals surface area contributed by atoms with Crippen LogP contribution >= 0.6 is 0 Å². The molecule has 0 spiro atoms. The number of methoxy groups -OCH3 is 1. The molecule has 2 amide bonds. The Kier molecular flexibility index (Phi) is 7.46. The Hall–Kier alpha value is -2.86. The molecule has 160 valence electrons. The molecule has 6 heteroatoms. The van der Waals surface area contributed by atoms with Gasteiger partial charge in [0.25, 0.3) is 5.91 Å². The summed E-state index contributed by atoms with van der Waals surface area (Å²) in [6.07, 6.45) is 2.98. The molecule has 2 aromatic rings. The van der Waals surface area contributed by atoms with Gasteiger partial charge in [0.15, 0.2) is 0 Å². The maximum absolute atomic E-state index is 12.9. The van der Waals surface area contributed by atoms with Gasteiger partial charge in [-0.15, -0.1) is 0 Å². The van der Waals surface area contributed by atoms with Gasteiger partial charge in [0, 0.05) is 43.9 Å². The highest BCUT2D eigenvalue weighted by Crippen LogP contribution is 2.20. The molecular formula is C24H31N3O3. The van der Waals surface area contributed by atoms with Crippen molar-refractivity contribution in [3.8, 4) is 5.75 Å². The maximum Gasteiger partial charge on any atom is 0.253 e. The highest BCUT2D eigenvalue weighted by molar-refractivity contribution is 5.97. The second kappa shape index (κ2) is 10.3. The van der Waals surface area contributed by atoms with Crippen molar-refractivity contribution < 1.29 is 14.3 Å². The average molecular weight is 410 g/mol. The Balaban J connectivity index is 1.67. The van der Waals surface area contributed by atoms with Crippen LogP contribution in [0.15, 0.2) is 42.5 Å². The van der Waals surface area contributed by atoms with Crippen molar-refractivity contribution in [2.24, 2.45) is 0 Å². The van der Waals surface area contributed by atoms with Crippen LogP contribution < -0.4 is 15.4 Å². The van der Waals surface area contributed by atoms with Gasteiger partial charge in [0.1, 0.15) is 5.75 Å². The van der Waals surface area contributed by atoms with Crippen molar-refractivity contribution in [2.45, 2.75) is 45.7 Å². The summed E-state index contributed by atoms with van der Waals surface area (Å²) in [5.41, 5.74) is 3.49. The highest BCUT2D eigenvalue weighted by Gasteiger charge is 2.20. The zero-order chi connectivity index (χ0) is 21.5. The number of anilines is 1. The molecule has 0 saturated carbocycles. The SMILES string of the molecule is COc1ccc(CC(C)NCc2cc(NC(C)=O)cc(C(=O)N3CCCC3)c2)cc1. The van der Waals surface area contributed by atoms with Gasteiger partial charge in [0.2, 0.25) is 5.91 Å². The predicted molar refractivity (Wildman–Crippen MR) is 119 cm³/mol. The van der Waals surface area contributed by atoms with Gasteiger partial charge >= 0.3 is 0 Å². The number of likely N-dealkylation sites (tertiary alicyclic amines) is 1. The minimum atomic E-state index is -0.146. The van der Waals surface area contributed by atoms with Crippen LogP contribution in [0, 0.1) is 0 Å². The number of amides is 2. The summed E-state index contributed by atoms with van der Waals surface area (Å²) in [7, 11) is 1.66. The smallest absolute Gasteiger partial charge is 0.253 e. The summed E-state index contributed by atoms with van der Waals surface area (Å²) < 4.78 is 5.21. The lowest BCUT2D eigenvalue weighted by molar-refractivity contribution is -0.114. The van der Waals surface area contributed by atoms with E-state index in [2.05, 4.69) is 29.7 Å². The molecule has 1 aliphatic heterocycles. The molecule has 0 aromatic heterocycles. The predicted octanol–water partition coefficient (Wildman–Crippen LogP) is 3.61. The number of carbonyl (C=O) groups is 2. The van der Waals surface area contributed by atoms with Gasteiger partial charge in [-0.05, 0) is 67.6 Å². The lowest BCUT2D eigenvalue weighted by atomic mass is 10.1. The van der Waals surface area contributed by atoms with Crippen LogP contribution in [0.25, 0.3) is 0 Å². The number of ether oxygens (including phenoxy) is 1. The zero-order valence-electron chi connectivity index (χ0n) is 18.0. The van der Waals surface area contributed by atoms with Gasteiger partial charge in [0.05, 0.1) is 7.11 Å². The fraction of sp³-hybridized carbons (Fsp3) is 0.417. The molecular weight excluding hydrogens is 378 g/mol. The van der Waals surface area contributed by atoms with Crippen molar-refractivity contribution in [3.63, 3.8) is 0 Å². The molecule has 3 rings (SSSR count). The van der Waals surface area contributed by atoms with Crippen molar-refractivity contribution >= 4 is 17.5 Å². The molecule has 1 unspecified atom stereocenters. The first-order valence-corrected chi connectivity index (χ1v) is 10.5. The summed E-state index contributed by atoms with van der Waals surface area (Å²) in [6.45, 7) is 5.83. The second-order valence-electron chi connectivity index (χ2n) is 7.93. The third-order valence-electron chi connectivity index (χ3n) is 5.31. The molecule has 6 nitrogen and oxygen atoms in total. The van der Waals surface area contributed by atoms with E-state index >= 15 is 0 Å². The van der Waals surface area contributed by atoms with Crippen LogP contribution in [0.5, 0.6) is 5.75 Å². The third kappa shape index (κ3) is 6.07. The Bertz CT molecular complexity index is 874. The molecule has 1 fully saturated rings. The van der Waals surface area contributed by atoms with E-state index in [1.165, 1.54) is 12.5 Å². The normalized spacial score (nSPS) is 14.4. The molecule has 2 N–H and O–H groups in total. The topological polar surface area (TPSA) is 70.7 Å². The number of hydrogen-bond donors (Lipinski definition) is 2. The monoisotopic (exact) mass is 409 g/mol. The van der Waals surface area contributed by atoms with Crippen LogP contribution in [0.4, 0.5) is 5.69 Å². The number of benzene rings is 2. The molecule has 0 bridgehead atoms. The summed E-state index contributed by atoms with van der Waals surface area (Å²) in [6, 6.07) is 14.0. The number of hydrogen-bond acceptors (Lipinski definition) is 4. The lowest BCUT2D eigenvalue weighted by Crippen LogP contribution is -2.29. The van der Waals surface area contributed by atoms with Crippen LogP contribution in [0.2, 0.25) is 0 Å². The second-order valence-corrected chi connectivity index (χ2v) is 7.93. The molecule has 0 radical (unpaired) electrons. The van der Waals surface area contributed by atoms with E-state index in [9.17, 15) is 9.59 Å². The van der Waals surface area contributed by atoms with E-state index in [1.54, 1.807) is 13.2 Å². The van der Waals surface area contributed by atoms with Gasteiger partial charge in [-0.3, -0.25) is 9.59 Å². The van der Waals surface area contributed by atoms with Crippen LogP contribution in [0.1, 0.15) is 48.2 Å². The minimum absolute atomic E-state index is 0.0345. The number of nitrogens with zero attached hydrogens (tertiary/aromatic N) is 1. The van der Waals surface area contributed by atoms with Crippen LogP contribution in [-0.2, 0) is 17.8 Å². The first-order chi connectivity index (χ1) is 14.4. The molecule has 30 heavy (non-hydrogen) atoms. The molecule has 1 saturated heterocycles. The number of nitrogens with one attached hydrogen (secondary N) is 2. The van der Waals surface area contributed by atoms with E-state index in [-0.39, 0.29) is 17.9 Å².